The van der Waals surface area contributed by atoms with Crippen LogP contribution in [0.5, 0.6) is 11.6 Å². The number of ether oxygens (including phenoxy) is 8. The van der Waals surface area contributed by atoms with E-state index in [1.54, 1.807) is 52.9 Å². The number of nitrogens with zero attached hydrogens (tertiary/aromatic N) is 2. The fourth-order valence-electron chi connectivity index (χ4n) is 9.51. The molecule has 0 saturated carbocycles. The number of carbonyl (C=O) groups excluding carboxylic acids is 1. The van der Waals surface area contributed by atoms with Crippen LogP contribution < -0.4 is 14.8 Å². The molecule has 0 unspecified atom stereocenters. The van der Waals surface area contributed by atoms with Gasteiger partial charge in [-0.3, -0.25) is 4.79 Å². The van der Waals surface area contributed by atoms with E-state index in [1.807, 2.05) is 53.6 Å². The lowest BCUT2D eigenvalue weighted by Gasteiger charge is -2.48. The van der Waals surface area contributed by atoms with Gasteiger partial charge in [0, 0.05) is 38.2 Å². The number of aliphatic hydroxyl groups excluding tert-OH is 2. The van der Waals surface area contributed by atoms with E-state index >= 15 is 0 Å². The zero-order valence-electron chi connectivity index (χ0n) is 38.5. The van der Waals surface area contributed by atoms with Crippen LogP contribution in [0, 0.1) is 17.8 Å². The number of hydrogen-bond acceptors (Lipinski definition) is 16. The largest absolute Gasteiger partial charge is 0.478 e. The maximum atomic E-state index is 14.4. The molecule has 1 aromatic rings. The number of esters is 1. The summed E-state index contributed by atoms with van der Waals surface area (Å²) in [5.41, 5.74) is -4.44. The van der Waals surface area contributed by atoms with Crippen molar-refractivity contribution in [2.24, 2.45) is 17.8 Å². The van der Waals surface area contributed by atoms with E-state index in [2.05, 4.69) is 10.3 Å². The summed E-state index contributed by atoms with van der Waals surface area (Å²) in [5, 5.41) is 50.7. The molecule has 3 fully saturated rings. The first kappa shape index (κ1) is 50.4. The van der Waals surface area contributed by atoms with Gasteiger partial charge in [-0.1, -0.05) is 20.8 Å². The monoisotopic (exact) mass is 856 g/mol. The van der Waals surface area contributed by atoms with Crippen molar-refractivity contribution in [1.82, 2.24) is 15.2 Å². The Morgan fingerprint density at radius 1 is 0.983 bits per heavy atom. The van der Waals surface area contributed by atoms with E-state index in [1.165, 1.54) is 14.0 Å². The zero-order valence-corrected chi connectivity index (χ0v) is 38.5. The highest BCUT2D eigenvalue weighted by molar-refractivity contribution is 5.73. The number of nitrogens with one attached hydrogen (secondary N) is 1. The maximum absolute atomic E-state index is 14.4. The minimum absolute atomic E-state index is 0.123. The summed E-state index contributed by atoms with van der Waals surface area (Å²) in [4.78, 5) is 20.8. The van der Waals surface area contributed by atoms with Gasteiger partial charge in [0.05, 0.1) is 54.2 Å². The Balaban J connectivity index is 1.87. The second-order valence-corrected chi connectivity index (χ2v) is 18.4. The smallest absolute Gasteiger partial charge is 0.311 e. The average molecular weight is 856 g/mol. The van der Waals surface area contributed by atoms with Crippen LogP contribution in [0.2, 0.25) is 0 Å². The third-order valence-electron chi connectivity index (χ3n) is 13.2. The number of aliphatic hydroxyl groups is 4. The molecule has 4 rings (SSSR count). The molecule has 16 heteroatoms. The molecule has 3 aliphatic rings. The lowest BCUT2D eigenvalue weighted by molar-refractivity contribution is -0.314. The highest BCUT2D eigenvalue weighted by Gasteiger charge is 2.53. The van der Waals surface area contributed by atoms with E-state index in [0.29, 0.717) is 31.2 Å². The first-order valence-corrected chi connectivity index (χ1v) is 21.8. The van der Waals surface area contributed by atoms with Crippen LogP contribution >= 0.6 is 0 Å². The van der Waals surface area contributed by atoms with E-state index in [0.717, 1.165) is 0 Å². The number of methoxy groups -OCH3 is 1. The molecule has 0 aromatic carbocycles. The predicted octanol–water partition coefficient (Wildman–Crippen LogP) is 3.44. The number of carbonyl (C=O) groups is 1. The normalized spacial score (nSPS) is 44.3. The van der Waals surface area contributed by atoms with Crippen LogP contribution in [0.3, 0.4) is 0 Å². The van der Waals surface area contributed by atoms with Gasteiger partial charge in [0.1, 0.15) is 23.9 Å². The molecule has 346 valence electrons. The lowest BCUT2D eigenvalue weighted by Crippen LogP contribution is -2.61. The molecular weight excluding hydrogens is 778 g/mol. The second kappa shape index (κ2) is 21.0. The van der Waals surface area contributed by atoms with Gasteiger partial charge in [0.2, 0.25) is 0 Å². The van der Waals surface area contributed by atoms with Crippen LogP contribution in [0.1, 0.15) is 102 Å². The van der Waals surface area contributed by atoms with Crippen LogP contribution in [-0.2, 0) is 33.2 Å². The first-order valence-electron chi connectivity index (χ1n) is 21.8. The summed E-state index contributed by atoms with van der Waals surface area (Å²) in [7, 11) is 5.21. The molecule has 0 spiro atoms. The zero-order chi connectivity index (χ0) is 44.9. The predicted molar refractivity (Wildman–Crippen MR) is 223 cm³/mol. The Morgan fingerprint density at radius 2 is 1.67 bits per heavy atom. The van der Waals surface area contributed by atoms with E-state index < -0.39 is 96.0 Å². The molecule has 16 nitrogen and oxygen atoms in total. The van der Waals surface area contributed by atoms with Gasteiger partial charge in [-0.15, -0.1) is 0 Å². The average Bonchev–Trinajstić information content (AvgIpc) is 3.19. The third-order valence-corrected chi connectivity index (χ3v) is 13.2. The molecule has 0 aliphatic carbocycles. The molecule has 0 bridgehead atoms. The summed E-state index contributed by atoms with van der Waals surface area (Å²) in [6, 6.07) is 2.72. The molecule has 3 saturated heterocycles. The molecule has 0 amide bonds. The SMILES string of the molecule is CCOc1ncccc1O[C@H]1[C@H](O[C@@H]2[C@@H](C)[C@H](O[C@H]3C[C@@](C)(OC)[C@@H](O)[C@H](C)O3)[C@@H](C)C(=O)O[C@H](CC)[C@@](C)(O)[C@H](O)[C@@H](C)N(C)C[C@H](C)C[C@@]2(C)O)O[C@H](C)C[C@@H]1NC. The Labute approximate surface area is 357 Å². The Morgan fingerprint density at radius 3 is 2.28 bits per heavy atom. The molecule has 18 atom stereocenters. The fourth-order valence-corrected chi connectivity index (χ4v) is 9.51. The van der Waals surface area contributed by atoms with Gasteiger partial charge in [-0.05, 0) is 107 Å². The molecule has 1 aromatic heterocycles. The summed E-state index contributed by atoms with van der Waals surface area (Å²) >= 11 is 0. The second-order valence-electron chi connectivity index (χ2n) is 18.4. The Bertz CT molecular complexity index is 1500. The van der Waals surface area contributed by atoms with E-state index in [-0.39, 0.29) is 37.3 Å². The van der Waals surface area contributed by atoms with Crippen LogP contribution in [0.25, 0.3) is 0 Å². The molecule has 0 radical (unpaired) electrons. The summed E-state index contributed by atoms with van der Waals surface area (Å²) in [6.45, 7) is 20.4. The van der Waals surface area contributed by atoms with Crippen LogP contribution in [0.4, 0.5) is 0 Å². The quantitative estimate of drug-likeness (QED) is 0.203. The number of cyclic esters (lactones) is 1. The van der Waals surface area contributed by atoms with Gasteiger partial charge in [-0.25, -0.2) is 4.98 Å². The van der Waals surface area contributed by atoms with Gasteiger partial charge < -0.3 is 68.5 Å². The lowest BCUT2D eigenvalue weighted by atomic mass is 9.77. The van der Waals surface area contributed by atoms with Gasteiger partial charge in [0.15, 0.2) is 24.4 Å². The summed E-state index contributed by atoms with van der Waals surface area (Å²) < 4.78 is 51.1. The highest BCUT2D eigenvalue weighted by atomic mass is 16.7. The van der Waals surface area contributed by atoms with Crippen molar-refractivity contribution in [1.29, 1.82) is 0 Å². The Kier molecular flexibility index (Phi) is 17.6. The number of likely N-dealkylation sites (N-methyl/N-ethyl adjacent to an activating group) is 2. The molecule has 4 heterocycles. The summed E-state index contributed by atoms with van der Waals surface area (Å²) in [6.07, 6.45) is -6.37. The molecule has 5 N–H and O–H groups in total. The topological polar surface area (TPSA) is 200 Å². The van der Waals surface area contributed by atoms with Gasteiger partial charge >= 0.3 is 5.97 Å². The number of hydrogen-bond donors (Lipinski definition) is 5. The third kappa shape index (κ3) is 11.5. The van der Waals surface area contributed by atoms with Crippen LogP contribution in [0.15, 0.2) is 18.3 Å². The van der Waals surface area contributed by atoms with Crippen molar-refractivity contribution >= 4 is 5.97 Å². The van der Waals surface area contributed by atoms with Crippen molar-refractivity contribution in [3.63, 3.8) is 0 Å². The van der Waals surface area contributed by atoms with Crippen molar-refractivity contribution in [3.8, 4) is 11.6 Å². The van der Waals surface area contributed by atoms with Gasteiger partial charge in [-0.2, -0.15) is 0 Å². The van der Waals surface area contributed by atoms with Crippen LogP contribution in [-0.4, -0.2) is 161 Å². The van der Waals surface area contributed by atoms with E-state index in [9.17, 15) is 25.2 Å². The van der Waals surface area contributed by atoms with Crippen molar-refractivity contribution in [2.75, 3.05) is 34.4 Å². The molecule has 3 aliphatic heterocycles. The summed E-state index contributed by atoms with van der Waals surface area (Å²) in [5.74, 6) is -1.93. The molecule has 60 heavy (non-hydrogen) atoms. The van der Waals surface area contributed by atoms with E-state index in [4.69, 9.17) is 37.9 Å². The molecular formula is C44H77N3O13. The van der Waals surface area contributed by atoms with Crippen molar-refractivity contribution < 1.29 is 63.1 Å². The number of rotatable bonds is 11. The van der Waals surface area contributed by atoms with Crippen molar-refractivity contribution in [3.05, 3.63) is 18.3 Å². The van der Waals surface area contributed by atoms with Crippen molar-refractivity contribution in [2.45, 2.75) is 192 Å². The number of pyridine rings is 1. The highest BCUT2D eigenvalue weighted by Crippen LogP contribution is 2.41. The van der Waals surface area contributed by atoms with Gasteiger partial charge in [0.25, 0.3) is 5.88 Å². The minimum Gasteiger partial charge on any atom is -0.478 e. The minimum atomic E-state index is -1.82. The maximum Gasteiger partial charge on any atom is 0.311 e. The number of aromatic nitrogens is 1. The first-order chi connectivity index (χ1) is 28.0. The standard InChI is InChI=1S/C44H77N3O13/c1-15-32-44(11,52)36(48)28(7)47(13)23-24(3)21-42(9,51)38(26(5)34(27(6)40(50)58-32)59-33-22-43(10,53-14)37(49)29(8)56-33)60-41-35(30(45-12)20-25(4)55-41)57-31-18-17-19-46-39(31)54-16-2/h17-19,24-30,32-38,41,45,48-49,51-52H,15-16,20-23H2,1-14H3/t24-,25-,26+,27-,28-,29+,30+,32-,33+,34+,35-,36-,37+,38-,41+,42-,43-,44-/m1/s1. The Hall–Kier alpha value is -2.22. The fraction of sp³-hybridized carbons (Fsp3) is 0.864.